The summed E-state index contributed by atoms with van der Waals surface area (Å²) in [5, 5.41) is 14.8. The lowest BCUT2D eigenvalue weighted by atomic mass is 10.2. The summed E-state index contributed by atoms with van der Waals surface area (Å²) < 4.78 is 31.8. The molecule has 2 heterocycles. The maximum Gasteiger partial charge on any atom is 0.387 e. The lowest BCUT2D eigenvalue weighted by molar-refractivity contribution is -0.0497. The lowest BCUT2D eigenvalue weighted by Gasteiger charge is -2.05. The Morgan fingerprint density at radius 1 is 1.04 bits per heavy atom. The molecular weight excluding hydrogens is 320 g/mol. The van der Waals surface area contributed by atoms with E-state index in [4.69, 9.17) is 0 Å². The van der Waals surface area contributed by atoms with E-state index in [0.29, 0.717) is 5.39 Å². The van der Waals surface area contributed by atoms with Gasteiger partial charge >= 0.3 is 6.61 Å². The van der Waals surface area contributed by atoms with Crippen molar-refractivity contribution in [3.05, 3.63) is 54.0 Å². The minimum Gasteiger partial charge on any atom is -0.494 e. The number of halogens is 2. The molecule has 0 aliphatic rings. The highest BCUT2D eigenvalue weighted by molar-refractivity contribution is 7.17. The van der Waals surface area contributed by atoms with E-state index in [9.17, 15) is 13.9 Å². The van der Waals surface area contributed by atoms with Gasteiger partial charge in [-0.1, -0.05) is 6.07 Å². The van der Waals surface area contributed by atoms with Gasteiger partial charge in [-0.05, 0) is 47.2 Å². The molecule has 116 valence electrons. The average Bonchev–Trinajstić information content (AvgIpc) is 3.11. The van der Waals surface area contributed by atoms with Gasteiger partial charge in [-0.2, -0.15) is 8.78 Å². The van der Waals surface area contributed by atoms with Crippen LogP contribution in [0.25, 0.3) is 26.5 Å². The molecule has 0 atom stereocenters. The Bertz CT molecular complexity index is 1010. The fraction of sp³-hybridized carbons (Fsp3) is 0.0588. The van der Waals surface area contributed by atoms with Crippen molar-refractivity contribution < 1.29 is 18.6 Å². The molecule has 0 saturated carbocycles. The van der Waals surface area contributed by atoms with Crippen LogP contribution >= 0.6 is 11.3 Å². The molecule has 4 aromatic rings. The van der Waals surface area contributed by atoms with Crippen LogP contribution in [0.1, 0.15) is 0 Å². The number of fused-ring (bicyclic) bond motifs is 2. The maximum absolute atomic E-state index is 12.3. The first-order valence-corrected chi connectivity index (χ1v) is 7.76. The molecule has 23 heavy (non-hydrogen) atoms. The molecule has 0 fully saturated rings. The number of nitrogens with zero attached hydrogens (tertiary/aromatic N) is 1. The maximum atomic E-state index is 12.3. The van der Waals surface area contributed by atoms with Gasteiger partial charge in [-0.15, -0.1) is 11.3 Å². The molecule has 0 aliphatic heterocycles. The number of benzene rings is 2. The zero-order valence-electron chi connectivity index (χ0n) is 11.7. The molecule has 4 rings (SSSR count). The van der Waals surface area contributed by atoms with Crippen molar-refractivity contribution in [3.63, 3.8) is 0 Å². The van der Waals surface area contributed by atoms with Crippen LogP contribution in [0.15, 0.2) is 54.0 Å². The quantitative estimate of drug-likeness (QED) is 0.563. The summed E-state index contributed by atoms with van der Waals surface area (Å²) in [5.41, 5.74) is 0.810. The van der Waals surface area contributed by atoms with Gasteiger partial charge in [-0.25, -0.2) is 0 Å². The zero-order chi connectivity index (χ0) is 16.0. The third kappa shape index (κ3) is 2.41. The van der Waals surface area contributed by atoms with Gasteiger partial charge in [0, 0.05) is 27.4 Å². The van der Waals surface area contributed by atoms with Gasteiger partial charge in [-0.3, -0.25) is 4.57 Å². The van der Waals surface area contributed by atoms with Crippen LogP contribution in [0.4, 0.5) is 8.78 Å². The second-order valence-corrected chi connectivity index (χ2v) is 6.04. The topological polar surface area (TPSA) is 34.4 Å². The van der Waals surface area contributed by atoms with Crippen molar-refractivity contribution >= 4 is 32.2 Å². The highest BCUT2D eigenvalue weighted by Gasteiger charge is 2.13. The second kappa shape index (κ2) is 5.24. The standard InChI is InChI=1S/C17H11F2NO2S/c18-17(19)22-13-4-2-11-9-20(16(21)14(11)8-13)12-3-1-10-5-6-23-15(10)7-12/h1-9,17,21H. The van der Waals surface area contributed by atoms with Gasteiger partial charge in [0.1, 0.15) is 5.75 Å². The Morgan fingerprint density at radius 3 is 2.70 bits per heavy atom. The van der Waals surface area contributed by atoms with Crippen molar-refractivity contribution in [1.29, 1.82) is 0 Å². The second-order valence-electron chi connectivity index (χ2n) is 5.09. The number of alkyl halides is 2. The van der Waals surface area contributed by atoms with E-state index in [1.54, 1.807) is 28.2 Å². The number of aromatic hydroxyl groups is 1. The summed E-state index contributed by atoms with van der Waals surface area (Å²) in [6, 6.07) is 12.4. The molecule has 1 N–H and O–H groups in total. The number of hydrogen-bond acceptors (Lipinski definition) is 3. The monoisotopic (exact) mass is 331 g/mol. The Hall–Kier alpha value is -2.60. The summed E-state index contributed by atoms with van der Waals surface area (Å²) in [7, 11) is 0. The third-order valence-corrected chi connectivity index (χ3v) is 4.58. The van der Waals surface area contributed by atoms with Gasteiger partial charge < -0.3 is 9.84 Å². The van der Waals surface area contributed by atoms with Gasteiger partial charge in [0.25, 0.3) is 0 Å². The number of aromatic nitrogens is 1. The molecule has 0 saturated heterocycles. The first-order chi connectivity index (χ1) is 11.1. The van der Waals surface area contributed by atoms with Gasteiger partial charge in [0.2, 0.25) is 5.88 Å². The van der Waals surface area contributed by atoms with Crippen LogP contribution in [-0.4, -0.2) is 16.3 Å². The van der Waals surface area contributed by atoms with Crippen LogP contribution in [0.2, 0.25) is 0 Å². The van der Waals surface area contributed by atoms with Crippen LogP contribution in [0.3, 0.4) is 0 Å². The van der Waals surface area contributed by atoms with E-state index < -0.39 is 6.61 Å². The van der Waals surface area contributed by atoms with E-state index in [-0.39, 0.29) is 11.6 Å². The smallest absolute Gasteiger partial charge is 0.387 e. The Morgan fingerprint density at radius 2 is 1.87 bits per heavy atom. The van der Waals surface area contributed by atoms with Crippen molar-refractivity contribution in [3.8, 4) is 17.3 Å². The average molecular weight is 331 g/mol. The number of rotatable bonds is 3. The molecule has 0 unspecified atom stereocenters. The Labute approximate surface area is 134 Å². The summed E-state index contributed by atoms with van der Waals surface area (Å²) in [5.74, 6) is 0.0184. The largest absolute Gasteiger partial charge is 0.494 e. The van der Waals surface area contributed by atoms with E-state index in [0.717, 1.165) is 21.2 Å². The summed E-state index contributed by atoms with van der Waals surface area (Å²) in [6.45, 7) is -2.89. The molecular formula is C17H11F2NO2S. The minimum absolute atomic E-state index is 0.00405. The predicted octanol–water partition coefficient (Wildman–Crippen LogP) is 5.15. The van der Waals surface area contributed by atoms with Gasteiger partial charge in [0.15, 0.2) is 0 Å². The number of thiophene rings is 1. The molecule has 0 bridgehead atoms. The molecule has 0 amide bonds. The predicted molar refractivity (Wildman–Crippen MR) is 87.0 cm³/mol. The highest BCUT2D eigenvalue weighted by atomic mass is 32.1. The van der Waals surface area contributed by atoms with E-state index in [1.165, 1.54) is 12.1 Å². The highest BCUT2D eigenvalue weighted by Crippen LogP contribution is 2.34. The van der Waals surface area contributed by atoms with Crippen LogP contribution in [0.5, 0.6) is 11.6 Å². The molecule has 0 aliphatic carbocycles. The molecule has 2 aromatic carbocycles. The third-order valence-electron chi connectivity index (χ3n) is 3.71. The Balaban J connectivity index is 1.84. The van der Waals surface area contributed by atoms with E-state index in [1.807, 2.05) is 29.6 Å². The van der Waals surface area contributed by atoms with E-state index >= 15 is 0 Å². The summed E-state index contributed by atoms with van der Waals surface area (Å²) in [6.07, 6.45) is 1.77. The minimum atomic E-state index is -2.89. The molecule has 0 radical (unpaired) electrons. The van der Waals surface area contributed by atoms with Crippen LogP contribution in [0, 0.1) is 0 Å². The van der Waals surface area contributed by atoms with Crippen LogP contribution in [-0.2, 0) is 0 Å². The molecule has 3 nitrogen and oxygen atoms in total. The fourth-order valence-corrected chi connectivity index (χ4v) is 3.46. The van der Waals surface area contributed by atoms with Crippen molar-refractivity contribution in [1.82, 2.24) is 4.57 Å². The first kappa shape index (κ1) is 14.0. The van der Waals surface area contributed by atoms with Crippen LogP contribution < -0.4 is 4.74 Å². The lowest BCUT2D eigenvalue weighted by Crippen LogP contribution is -2.01. The number of ether oxygens (including phenoxy) is 1. The Kier molecular flexibility index (Phi) is 3.20. The molecule has 2 aromatic heterocycles. The summed E-state index contributed by atoms with van der Waals surface area (Å²) in [4.78, 5) is 0. The molecule has 6 heteroatoms. The van der Waals surface area contributed by atoms with Crippen molar-refractivity contribution in [2.45, 2.75) is 6.61 Å². The SMILES string of the molecule is Oc1c2cc(OC(F)F)ccc2cn1-c1ccc2ccsc2c1. The van der Waals surface area contributed by atoms with E-state index in [2.05, 4.69) is 4.74 Å². The van der Waals surface area contributed by atoms with Gasteiger partial charge in [0.05, 0.1) is 0 Å². The first-order valence-electron chi connectivity index (χ1n) is 6.88. The summed E-state index contributed by atoms with van der Waals surface area (Å²) >= 11 is 1.62. The van der Waals surface area contributed by atoms with Crippen molar-refractivity contribution in [2.75, 3.05) is 0 Å². The normalized spacial score (nSPS) is 11.6. The zero-order valence-corrected chi connectivity index (χ0v) is 12.6. The molecule has 0 spiro atoms. The van der Waals surface area contributed by atoms with Crippen molar-refractivity contribution in [2.24, 2.45) is 0 Å². The fourth-order valence-electron chi connectivity index (χ4n) is 2.64. The number of hydrogen-bond donors (Lipinski definition) is 1.